The Morgan fingerprint density at radius 1 is 1.25 bits per heavy atom. The minimum absolute atomic E-state index is 0.0880. The Kier molecular flexibility index (Phi) is 3.48. The van der Waals surface area contributed by atoms with Crippen LogP contribution in [0.25, 0.3) is 0 Å². The molecule has 92 valence electrons. The smallest absolute Gasteiger partial charge is 0.0680 e. The molecule has 1 rings (SSSR count). The summed E-state index contributed by atoms with van der Waals surface area (Å²) >= 11 is 0. The van der Waals surface area contributed by atoms with E-state index in [1.165, 1.54) is 0 Å². The van der Waals surface area contributed by atoms with Gasteiger partial charge in [-0.15, -0.1) is 0 Å². The lowest BCUT2D eigenvalue weighted by atomic mass is 9.92. The Hall–Kier alpha value is -0.830. The third kappa shape index (κ3) is 3.63. The molecule has 0 spiro atoms. The van der Waals surface area contributed by atoms with Gasteiger partial charge >= 0.3 is 0 Å². The molecule has 1 aromatic rings. The lowest BCUT2D eigenvalue weighted by Gasteiger charge is -2.17. The zero-order chi connectivity index (χ0) is 12.6. The van der Waals surface area contributed by atoms with Gasteiger partial charge in [0, 0.05) is 17.7 Å². The maximum atomic E-state index is 9.70. The van der Waals surface area contributed by atoms with Gasteiger partial charge in [0.25, 0.3) is 0 Å². The summed E-state index contributed by atoms with van der Waals surface area (Å²) in [6, 6.07) is 2.13. The molecule has 1 N–H and O–H groups in total. The largest absolute Gasteiger partial charge is 0.390 e. The SMILES string of the molecule is Cc1cc(C(C)(C)C)nn1CCC(C)(C)O. The molecule has 0 bridgehead atoms. The predicted octanol–water partition coefficient (Wildman–Crippen LogP) is 2.65. The number of hydrogen-bond acceptors (Lipinski definition) is 2. The zero-order valence-corrected chi connectivity index (χ0v) is 11.3. The molecule has 0 amide bonds. The summed E-state index contributed by atoms with van der Waals surface area (Å²) in [5.74, 6) is 0. The van der Waals surface area contributed by atoms with E-state index in [0.717, 1.165) is 24.4 Å². The topological polar surface area (TPSA) is 38.0 Å². The van der Waals surface area contributed by atoms with E-state index in [-0.39, 0.29) is 5.41 Å². The molecular weight excluding hydrogens is 200 g/mol. The minimum Gasteiger partial charge on any atom is -0.390 e. The van der Waals surface area contributed by atoms with Crippen LogP contribution in [-0.4, -0.2) is 20.5 Å². The molecule has 0 saturated heterocycles. The molecule has 0 saturated carbocycles. The number of hydrogen-bond donors (Lipinski definition) is 1. The molecule has 16 heavy (non-hydrogen) atoms. The number of aryl methyl sites for hydroxylation is 2. The van der Waals surface area contributed by atoms with Gasteiger partial charge in [0.05, 0.1) is 11.3 Å². The minimum atomic E-state index is -0.625. The highest BCUT2D eigenvalue weighted by Crippen LogP contribution is 2.22. The second-order valence-electron chi connectivity index (χ2n) is 6.21. The average Bonchev–Trinajstić information content (AvgIpc) is 2.41. The molecule has 1 heterocycles. The fourth-order valence-electron chi connectivity index (χ4n) is 1.48. The lowest BCUT2D eigenvalue weighted by molar-refractivity contribution is 0.0648. The molecular formula is C13H24N2O. The van der Waals surface area contributed by atoms with Crippen molar-refractivity contribution >= 4 is 0 Å². The first kappa shape index (κ1) is 13.2. The predicted molar refractivity (Wildman–Crippen MR) is 66.6 cm³/mol. The zero-order valence-electron chi connectivity index (χ0n) is 11.3. The molecule has 3 heteroatoms. The highest BCUT2D eigenvalue weighted by atomic mass is 16.3. The third-order valence-electron chi connectivity index (χ3n) is 2.69. The van der Waals surface area contributed by atoms with Crippen LogP contribution in [0.15, 0.2) is 6.07 Å². The van der Waals surface area contributed by atoms with Crippen molar-refractivity contribution < 1.29 is 5.11 Å². The fraction of sp³-hybridized carbons (Fsp3) is 0.769. The normalized spacial score (nSPS) is 13.2. The molecule has 0 atom stereocenters. The van der Waals surface area contributed by atoms with Crippen LogP contribution >= 0.6 is 0 Å². The molecule has 1 aromatic heterocycles. The van der Waals surface area contributed by atoms with Crippen molar-refractivity contribution in [2.75, 3.05) is 0 Å². The first-order valence-electron chi connectivity index (χ1n) is 5.87. The van der Waals surface area contributed by atoms with E-state index in [1.54, 1.807) is 0 Å². The van der Waals surface area contributed by atoms with E-state index < -0.39 is 5.60 Å². The Morgan fingerprint density at radius 3 is 2.19 bits per heavy atom. The van der Waals surface area contributed by atoms with Gasteiger partial charge in [0.15, 0.2) is 0 Å². The van der Waals surface area contributed by atoms with Crippen LogP contribution in [-0.2, 0) is 12.0 Å². The Morgan fingerprint density at radius 2 is 1.81 bits per heavy atom. The Labute approximate surface area is 98.5 Å². The summed E-state index contributed by atoms with van der Waals surface area (Å²) in [4.78, 5) is 0. The molecule has 0 aliphatic rings. The summed E-state index contributed by atoms with van der Waals surface area (Å²) in [7, 11) is 0. The van der Waals surface area contributed by atoms with E-state index in [1.807, 2.05) is 18.5 Å². The van der Waals surface area contributed by atoms with Gasteiger partial charge in [-0.25, -0.2) is 0 Å². The summed E-state index contributed by atoms with van der Waals surface area (Å²) < 4.78 is 1.98. The second-order valence-corrected chi connectivity index (χ2v) is 6.21. The highest BCUT2D eigenvalue weighted by molar-refractivity contribution is 5.16. The molecule has 0 unspecified atom stereocenters. The molecule has 0 aliphatic carbocycles. The number of nitrogens with zero attached hydrogens (tertiary/aromatic N) is 2. The van der Waals surface area contributed by atoms with Crippen molar-refractivity contribution in [3.8, 4) is 0 Å². The van der Waals surface area contributed by atoms with Crippen LogP contribution < -0.4 is 0 Å². The van der Waals surface area contributed by atoms with Gasteiger partial charge in [-0.2, -0.15) is 5.10 Å². The average molecular weight is 224 g/mol. The summed E-state index contributed by atoms with van der Waals surface area (Å²) in [5, 5.41) is 14.3. The number of aromatic nitrogens is 2. The fourth-order valence-corrected chi connectivity index (χ4v) is 1.48. The van der Waals surface area contributed by atoms with Gasteiger partial charge in [0.1, 0.15) is 0 Å². The van der Waals surface area contributed by atoms with Gasteiger partial charge in [-0.3, -0.25) is 4.68 Å². The van der Waals surface area contributed by atoms with Crippen molar-refractivity contribution in [1.29, 1.82) is 0 Å². The molecule has 0 radical (unpaired) electrons. The number of rotatable bonds is 3. The molecule has 0 fully saturated rings. The van der Waals surface area contributed by atoms with E-state index in [2.05, 4.69) is 38.9 Å². The Bertz CT molecular complexity index is 353. The monoisotopic (exact) mass is 224 g/mol. The van der Waals surface area contributed by atoms with Crippen molar-refractivity contribution in [3.05, 3.63) is 17.5 Å². The first-order valence-corrected chi connectivity index (χ1v) is 5.87. The Balaban J connectivity index is 2.79. The van der Waals surface area contributed by atoms with Gasteiger partial charge < -0.3 is 5.11 Å². The second kappa shape index (κ2) is 4.21. The van der Waals surface area contributed by atoms with E-state index >= 15 is 0 Å². The van der Waals surface area contributed by atoms with E-state index in [0.29, 0.717) is 0 Å². The third-order valence-corrected chi connectivity index (χ3v) is 2.69. The molecule has 3 nitrogen and oxygen atoms in total. The van der Waals surface area contributed by atoms with Crippen LogP contribution in [0.3, 0.4) is 0 Å². The molecule has 0 aliphatic heterocycles. The quantitative estimate of drug-likeness (QED) is 0.857. The molecule has 0 aromatic carbocycles. The van der Waals surface area contributed by atoms with Crippen molar-refractivity contribution in [2.45, 2.75) is 65.5 Å². The van der Waals surface area contributed by atoms with Gasteiger partial charge in [0.2, 0.25) is 0 Å². The van der Waals surface area contributed by atoms with E-state index in [9.17, 15) is 5.11 Å². The van der Waals surface area contributed by atoms with Crippen molar-refractivity contribution in [3.63, 3.8) is 0 Å². The standard InChI is InChI=1S/C13H24N2O/c1-10-9-11(12(2,3)4)14-15(10)8-7-13(5,6)16/h9,16H,7-8H2,1-6H3. The van der Waals surface area contributed by atoms with Crippen LogP contribution in [0.4, 0.5) is 0 Å². The maximum Gasteiger partial charge on any atom is 0.0680 e. The lowest BCUT2D eigenvalue weighted by Crippen LogP contribution is -2.22. The van der Waals surface area contributed by atoms with Crippen LogP contribution in [0, 0.1) is 6.92 Å². The number of aliphatic hydroxyl groups is 1. The van der Waals surface area contributed by atoms with E-state index in [4.69, 9.17) is 0 Å². The van der Waals surface area contributed by atoms with Crippen LogP contribution in [0.5, 0.6) is 0 Å². The first-order chi connectivity index (χ1) is 7.09. The van der Waals surface area contributed by atoms with Gasteiger partial charge in [-0.1, -0.05) is 20.8 Å². The van der Waals surface area contributed by atoms with Crippen molar-refractivity contribution in [1.82, 2.24) is 9.78 Å². The van der Waals surface area contributed by atoms with Gasteiger partial charge in [-0.05, 0) is 33.3 Å². The summed E-state index contributed by atoms with van der Waals surface area (Å²) in [6.07, 6.45) is 0.721. The maximum absolute atomic E-state index is 9.70. The summed E-state index contributed by atoms with van der Waals surface area (Å²) in [5.41, 5.74) is 1.74. The van der Waals surface area contributed by atoms with Crippen LogP contribution in [0.1, 0.15) is 52.4 Å². The van der Waals surface area contributed by atoms with Crippen molar-refractivity contribution in [2.24, 2.45) is 0 Å². The highest BCUT2D eigenvalue weighted by Gasteiger charge is 2.19. The van der Waals surface area contributed by atoms with Crippen LogP contribution in [0.2, 0.25) is 0 Å². The summed E-state index contributed by atoms with van der Waals surface area (Å²) in [6.45, 7) is 13.0.